The van der Waals surface area contributed by atoms with Crippen molar-refractivity contribution in [2.75, 3.05) is 24.5 Å². The first-order valence-corrected chi connectivity index (χ1v) is 9.37. The van der Waals surface area contributed by atoms with Crippen molar-refractivity contribution in [1.82, 2.24) is 10.3 Å². The molecule has 9 heteroatoms. The van der Waals surface area contributed by atoms with E-state index in [-0.39, 0.29) is 30.6 Å². The van der Waals surface area contributed by atoms with Crippen LogP contribution in [-0.4, -0.2) is 48.3 Å². The minimum atomic E-state index is -4.50. The maximum Gasteiger partial charge on any atom is 0.418 e. The van der Waals surface area contributed by atoms with E-state index in [1.165, 1.54) is 12.3 Å². The quantitative estimate of drug-likeness (QED) is 0.810. The van der Waals surface area contributed by atoms with Gasteiger partial charge in [-0.25, -0.2) is 0 Å². The van der Waals surface area contributed by atoms with E-state index < -0.39 is 23.4 Å². The number of hydrogen-bond acceptors (Lipinski definition) is 5. The zero-order chi connectivity index (χ0) is 21.4. The minimum absolute atomic E-state index is 0.109. The summed E-state index contributed by atoms with van der Waals surface area (Å²) in [5.74, 6) is -0.297. The Bertz CT molecular complexity index is 895. The highest BCUT2D eigenvalue weighted by molar-refractivity contribution is 5.94. The number of nitrogens with two attached hydrogens (primary N) is 1. The van der Waals surface area contributed by atoms with Gasteiger partial charge in [-0.15, -0.1) is 0 Å². The summed E-state index contributed by atoms with van der Waals surface area (Å²) in [5, 5.41) is 3.16. The molecule has 1 aliphatic heterocycles. The normalized spacial score (nSPS) is 20.7. The van der Waals surface area contributed by atoms with E-state index in [2.05, 4.69) is 10.3 Å². The van der Waals surface area contributed by atoms with Crippen LogP contribution in [0.2, 0.25) is 0 Å². The lowest BCUT2D eigenvalue weighted by Crippen LogP contribution is -2.55. The Balaban J connectivity index is 1.90. The first kappa shape index (κ1) is 21.3. The third-order valence-electron chi connectivity index (χ3n) is 4.66. The average Bonchev–Trinajstić information content (AvgIpc) is 2.63. The van der Waals surface area contributed by atoms with Crippen LogP contribution in [0.15, 0.2) is 30.5 Å². The van der Waals surface area contributed by atoms with E-state index >= 15 is 0 Å². The van der Waals surface area contributed by atoms with Crippen molar-refractivity contribution in [2.24, 2.45) is 5.73 Å². The Morgan fingerprint density at radius 1 is 1.31 bits per heavy atom. The van der Waals surface area contributed by atoms with Gasteiger partial charge in [-0.2, -0.15) is 13.2 Å². The van der Waals surface area contributed by atoms with Crippen LogP contribution in [0.4, 0.5) is 18.9 Å². The molecule has 2 aromatic rings. The van der Waals surface area contributed by atoms with Crippen molar-refractivity contribution in [3.8, 4) is 0 Å². The number of hydrogen-bond donors (Lipinski definition) is 2. The molecule has 1 fully saturated rings. The number of ether oxygens (including phenoxy) is 1. The van der Waals surface area contributed by atoms with Crippen molar-refractivity contribution in [3.63, 3.8) is 0 Å². The maximum atomic E-state index is 13.4. The Morgan fingerprint density at radius 3 is 2.69 bits per heavy atom. The molecule has 29 heavy (non-hydrogen) atoms. The van der Waals surface area contributed by atoms with Gasteiger partial charge in [-0.3, -0.25) is 9.78 Å². The molecule has 0 unspecified atom stereocenters. The van der Waals surface area contributed by atoms with Crippen LogP contribution in [0.1, 0.15) is 26.3 Å². The fourth-order valence-corrected chi connectivity index (χ4v) is 3.38. The number of rotatable bonds is 4. The highest BCUT2D eigenvalue weighted by Gasteiger charge is 2.36. The van der Waals surface area contributed by atoms with Gasteiger partial charge in [0.2, 0.25) is 0 Å². The van der Waals surface area contributed by atoms with Crippen LogP contribution < -0.4 is 16.0 Å². The smallest absolute Gasteiger partial charge is 0.365 e. The number of carbonyl (C=O) groups is 1. The molecule has 0 radical (unpaired) electrons. The molecular weight excluding hydrogens is 385 g/mol. The van der Waals surface area contributed by atoms with Crippen LogP contribution >= 0.6 is 0 Å². The molecule has 1 aromatic heterocycles. The zero-order valence-corrected chi connectivity index (χ0v) is 16.6. The van der Waals surface area contributed by atoms with E-state index in [1.54, 1.807) is 26.0 Å². The van der Waals surface area contributed by atoms with E-state index in [9.17, 15) is 18.0 Å². The molecule has 0 aliphatic carbocycles. The number of alkyl halides is 3. The Labute approximate surface area is 167 Å². The highest BCUT2D eigenvalue weighted by Crippen LogP contribution is 2.38. The van der Waals surface area contributed by atoms with Crippen molar-refractivity contribution in [3.05, 3.63) is 36.0 Å². The summed E-state index contributed by atoms with van der Waals surface area (Å²) in [7, 11) is 0. The van der Waals surface area contributed by atoms with Gasteiger partial charge < -0.3 is 20.7 Å². The molecule has 0 saturated carbocycles. The molecule has 3 rings (SSSR count). The van der Waals surface area contributed by atoms with Gasteiger partial charge in [0.1, 0.15) is 0 Å². The number of amides is 1. The molecule has 2 heterocycles. The summed E-state index contributed by atoms with van der Waals surface area (Å²) in [6, 6.07) is 5.68. The SMILES string of the molecule is C[C@@H]1CN(c2ccc(C(F)(F)F)c3ncccc23)C[C@H](C(=O)NCC(C)(C)N)O1. The molecular formula is C20H25F3N4O2. The molecule has 1 aromatic carbocycles. The van der Waals surface area contributed by atoms with Crippen LogP contribution in [0.5, 0.6) is 0 Å². The summed E-state index contributed by atoms with van der Waals surface area (Å²) in [6.07, 6.45) is -4.19. The fourth-order valence-electron chi connectivity index (χ4n) is 3.38. The summed E-state index contributed by atoms with van der Waals surface area (Å²) >= 11 is 0. The minimum Gasteiger partial charge on any atom is -0.365 e. The number of pyridine rings is 1. The van der Waals surface area contributed by atoms with Gasteiger partial charge in [0, 0.05) is 35.9 Å². The van der Waals surface area contributed by atoms with Crippen molar-refractivity contribution >= 4 is 22.5 Å². The van der Waals surface area contributed by atoms with Gasteiger partial charge in [0.25, 0.3) is 5.91 Å². The molecule has 6 nitrogen and oxygen atoms in total. The first-order chi connectivity index (χ1) is 13.5. The van der Waals surface area contributed by atoms with Gasteiger partial charge in [0.15, 0.2) is 6.10 Å². The molecule has 2 atom stereocenters. The molecule has 1 aliphatic rings. The Hall–Kier alpha value is -2.39. The van der Waals surface area contributed by atoms with Crippen molar-refractivity contribution in [1.29, 1.82) is 0 Å². The summed E-state index contributed by atoms with van der Waals surface area (Å²) in [5.41, 5.74) is 5.04. The largest absolute Gasteiger partial charge is 0.418 e. The number of morpholine rings is 1. The van der Waals surface area contributed by atoms with Gasteiger partial charge in [0.05, 0.1) is 23.7 Å². The van der Waals surface area contributed by atoms with E-state index in [0.29, 0.717) is 17.6 Å². The van der Waals surface area contributed by atoms with Gasteiger partial charge >= 0.3 is 6.18 Å². The van der Waals surface area contributed by atoms with E-state index in [4.69, 9.17) is 10.5 Å². The second kappa shape index (κ2) is 7.79. The molecule has 158 valence electrons. The van der Waals surface area contributed by atoms with Gasteiger partial charge in [-0.1, -0.05) is 0 Å². The van der Waals surface area contributed by atoms with E-state index in [0.717, 1.165) is 6.07 Å². The maximum absolute atomic E-state index is 13.4. The lowest BCUT2D eigenvalue weighted by atomic mass is 10.0. The summed E-state index contributed by atoms with van der Waals surface area (Å²) < 4.78 is 45.9. The third-order valence-corrected chi connectivity index (χ3v) is 4.66. The van der Waals surface area contributed by atoms with Crippen LogP contribution in [0.3, 0.4) is 0 Å². The lowest BCUT2D eigenvalue weighted by molar-refractivity contribution is -0.137. The number of fused-ring (bicyclic) bond motifs is 1. The predicted octanol–water partition coefficient (Wildman–Crippen LogP) is 2.70. The van der Waals surface area contributed by atoms with Crippen molar-refractivity contribution < 1.29 is 22.7 Å². The molecule has 3 N–H and O–H groups in total. The zero-order valence-electron chi connectivity index (χ0n) is 16.6. The third kappa shape index (κ3) is 4.97. The number of benzene rings is 1. The second-order valence-electron chi connectivity index (χ2n) is 8.08. The molecule has 0 spiro atoms. The number of aromatic nitrogens is 1. The lowest BCUT2D eigenvalue weighted by Gasteiger charge is -2.38. The number of carbonyl (C=O) groups excluding carboxylic acids is 1. The van der Waals surface area contributed by atoms with Crippen LogP contribution in [0.25, 0.3) is 10.9 Å². The van der Waals surface area contributed by atoms with E-state index in [1.807, 2.05) is 11.8 Å². The first-order valence-electron chi connectivity index (χ1n) is 9.37. The van der Waals surface area contributed by atoms with Crippen molar-refractivity contribution in [2.45, 2.75) is 44.7 Å². The predicted molar refractivity (Wildman–Crippen MR) is 105 cm³/mol. The monoisotopic (exact) mass is 410 g/mol. The van der Waals surface area contributed by atoms with Crippen LogP contribution in [-0.2, 0) is 15.7 Å². The fraction of sp³-hybridized carbons (Fsp3) is 0.500. The standard InChI is InChI=1S/C20H25F3N4O2/c1-12-9-27(10-16(29-12)18(28)26-11-19(2,3)24)15-7-6-14(20(21,22)23)17-13(15)5-4-8-25-17/h4-8,12,16H,9-11,24H2,1-3H3,(H,26,28)/t12-,16-/m1/s1. The topological polar surface area (TPSA) is 80.5 Å². The average molecular weight is 410 g/mol. The van der Waals surface area contributed by atoms with Crippen LogP contribution in [0, 0.1) is 0 Å². The summed E-state index contributed by atoms with van der Waals surface area (Å²) in [4.78, 5) is 18.4. The number of nitrogens with zero attached hydrogens (tertiary/aromatic N) is 2. The second-order valence-corrected chi connectivity index (χ2v) is 8.08. The number of anilines is 1. The highest BCUT2D eigenvalue weighted by atomic mass is 19.4. The molecule has 1 amide bonds. The number of halogens is 3. The number of nitrogens with one attached hydrogen (secondary N) is 1. The Kier molecular flexibility index (Phi) is 5.73. The molecule has 0 bridgehead atoms. The Morgan fingerprint density at radius 2 is 2.03 bits per heavy atom. The molecule has 1 saturated heterocycles. The van der Waals surface area contributed by atoms with Gasteiger partial charge in [-0.05, 0) is 45.0 Å². The summed E-state index contributed by atoms with van der Waals surface area (Å²) in [6.45, 7) is 6.37.